The van der Waals surface area contributed by atoms with Gasteiger partial charge in [0.2, 0.25) is 0 Å². The highest BCUT2D eigenvalue weighted by molar-refractivity contribution is 9.10. The summed E-state index contributed by atoms with van der Waals surface area (Å²) in [5, 5.41) is 2.62. The highest BCUT2D eigenvalue weighted by Gasteiger charge is 2.17. The zero-order chi connectivity index (χ0) is 15.9. The third-order valence-corrected chi connectivity index (χ3v) is 3.56. The Kier molecular flexibility index (Phi) is 5.72. The van der Waals surface area contributed by atoms with Crippen LogP contribution in [0.4, 0.5) is 0 Å². The van der Waals surface area contributed by atoms with Crippen LogP contribution in [0.25, 0.3) is 0 Å². The third kappa shape index (κ3) is 4.70. The van der Waals surface area contributed by atoms with Gasteiger partial charge in [0.25, 0.3) is 5.91 Å². The largest absolute Gasteiger partial charge is 0.459 e. The van der Waals surface area contributed by atoms with Gasteiger partial charge in [0.15, 0.2) is 0 Å². The first-order chi connectivity index (χ1) is 10.6. The number of hydrogen-bond donors (Lipinski definition) is 1. The summed E-state index contributed by atoms with van der Waals surface area (Å²) >= 11 is 3.31. The number of rotatable bonds is 5. The fourth-order valence-corrected chi connectivity index (χ4v) is 2.06. The number of esters is 1. The number of carbonyl (C=O) groups excluding carboxylic acids is 2. The molecule has 0 unspecified atom stereocenters. The van der Waals surface area contributed by atoms with Gasteiger partial charge in [0.1, 0.15) is 12.6 Å². The first kappa shape index (κ1) is 16.2. The Bertz CT molecular complexity index is 641. The minimum Gasteiger partial charge on any atom is -0.459 e. The second-order valence-corrected chi connectivity index (χ2v) is 5.71. The lowest BCUT2D eigenvalue weighted by atomic mass is 10.2. The molecule has 0 heterocycles. The fraction of sp³-hybridized carbons (Fsp3) is 0.176. The summed E-state index contributed by atoms with van der Waals surface area (Å²) < 4.78 is 6.07. The van der Waals surface area contributed by atoms with E-state index in [1.165, 1.54) is 0 Å². The average Bonchev–Trinajstić information content (AvgIpc) is 2.54. The molecule has 0 radical (unpaired) electrons. The van der Waals surface area contributed by atoms with E-state index >= 15 is 0 Å². The monoisotopic (exact) mass is 361 g/mol. The zero-order valence-corrected chi connectivity index (χ0v) is 13.7. The van der Waals surface area contributed by atoms with Crippen LogP contribution in [0.15, 0.2) is 59.1 Å². The molecule has 2 aromatic rings. The molecule has 0 aliphatic carbocycles. The number of halogens is 1. The predicted molar refractivity (Wildman–Crippen MR) is 87.3 cm³/mol. The van der Waals surface area contributed by atoms with Crippen molar-refractivity contribution < 1.29 is 14.3 Å². The van der Waals surface area contributed by atoms with Gasteiger partial charge in [-0.2, -0.15) is 0 Å². The van der Waals surface area contributed by atoms with Crippen molar-refractivity contribution in [2.75, 3.05) is 0 Å². The standard InChI is InChI=1S/C17H16BrNO3/c1-12(17(21)22-11-13-5-3-2-4-6-13)19-16(20)14-7-9-15(18)10-8-14/h2-10,12H,11H2,1H3,(H,19,20)/t12-/m0/s1. The van der Waals surface area contributed by atoms with Crippen LogP contribution in [-0.4, -0.2) is 17.9 Å². The normalized spacial score (nSPS) is 11.5. The van der Waals surface area contributed by atoms with Crippen LogP contribution in [0.2, 0.25) is 0 Å². The van der Waals surface area contributed by atoms with Crippen LogP contribution in [0.3, 0.4) is 0 Å². The molecule has 1 atom stereocenters. The molecule has 114 valence electrons. The Morgan fingerprint density at radius 1 is 1.09 bits per heavy atom. The number of ether oxygens (including phenoxy) is 1. The predicted octanol–water partition coefficient (Wildman–Crippen LogP) is 3.31. The maximum atomic E-state index is 12.0. The third-order valence-electron chi connectivity index (χ3n) is 3.03. The Morgan fingerprint density at radius 2 is 1.73 bits per heavy atom. The lowest BCUT2D eigenvalue weighted by molar-refractivity contribution is -0.146. The quantitative estimate of drug-likeness (QED) is 0.831. The van der Waals surface area contributed by atoms with E-state index in [0.29, 0.717) is 5.56 Å². The summed E-state index contributed by atoms with van der Waals surface area (Å²) in [5.41, 5.74) is 1.40. The number of hydrogen-bond acceptors (Lipinski definition) is 3. The summed E-state index contributed by atoms with van der Waals surface area (Å²) in [6, 6.07) is 15.6. The molecule has 22 heavy (non-hydrogen) atoms. The van der Waals surface area contributed by atoms with Gasteiger partial charge in [-0.05, 0) is 36.8 Å². The molecule has 2 aromatic carbocycles. The number of carbonyl (C=O) groups is 2. The molecular weight excluding hydrogens is 346 g/mol. The van der Waals surface area contributed by atoms with E-state index in [2.05, 4.69) is 21.2 Å². The Labute approximate surface area is 137 Å². The van der Waals surface area contributed by atoms with Gasteiger partial charge < -0.3 is 10.1 Å². The summed E-state index contributed by atoms with van der Waals surface area (Å²) in [7, 11) is 0. The Hall–Kier alpha value is -2.14. The highest BCUT2D eigenvalue weighted by atomic mass is 79.9. The molecule has 4 nitrogen and oxygen atoms in total. The number of nitrogens with one attached hydrogen (secondary N) is 1. The molecule has 0 bridgehead atoms. The van der Waals surface area contributed by atoms with Crippen molar-refractivity contribution in [3.63, 3.8) is 0 Å². The van der Waals surface area contributed by atoms with Crippen LogP contribution in [-0.2, 0) is 16.1 Å². The molecule has 0 aromatic heterocycles. The fourth-order valence-electron chi connectivity index (χ4n) is 1.79. The van der Waals surface area contributed by atoms with E-state index in [9.17, 15) is 9.59 Å². The number of benzene rings is 2. The first-order valence-electron chi connectivity index (χ1n) is 6.83. The molecular formula is C17H16BrNO3. The highest BCUT2D eigenvalue weighted by Crippen LogP contribution is 2.10. The molecule has 0 spiro atoms. The van der Waals surface area contributed by atoms with Crippen molar-refractivity contribution in [3.05, 3.63) is 70.2 Å². The minimum absolute atomic E-state index is 0.193. The molecule has 0 aliphatic heterocycles. The van der Waals surface area contributed by atoms with Gasteiger partial charge in [0, 0.05) is 10.0 Å². The van der Waals surface area contributed by atoms with Crippen LogP contribution < -0.4 is 5.32 Å². The van der Waals surface area contributed by atoms with E-state index < -0.39 is 12.0 Å². The van der Waals surface area contributed by atoms with Crippen molar-refractivity contribution in [1.29, 1.82) is 0 Å². The van der Waals surface area contributed by atoms with E-state index in [4.69, 9.17) is 4.74 Å². The van der Waals surface area contributed by atoms with Gasteiger partial charge in [-0.25, -0.2) is 4.79 Å². The van der Waals surface area contributed by atoms with E-state index in [1.807, 2.05) is 30.3 Å². The first-order valence-corrected chi connectivity index (χ1v) is 7.62. The molecule has 2 rings (SSSR count). The molecule has 1 amide bonds. The lowest BCUT2D eigenvalue weighted by Crippen LogP contribution is -2.39. The summed E-state index contributed by atoms with van der Waals surface area (Å²) in [6.07, 6.45) is 0. The molecule has 0 saturated heterocycles. The molecule has 0 saturated carbocycles. The van der Waals surface area contributed by atoms with Crippen molar-refractivity contribution in [3.8, 4) is 0 Å². The van der Waals surface area contributed by atoms with E-state index in [1.54, 1.807) is 31.2 Å². The van der Waals surface area contributed by atoms with Crippen LogP contribution in [0.5, 0.6) is 0 Å². The average molecular weight is 362 g/mol. The molecule has 0 aliphatic rings. The zero-order valence-electron chi connectivity index (χ0n) is 12.1. The second kappa shape index (κ2) is 7.75. The van der Waals surface area contributed by atoms with Gasteiger partial charge in [-0.3, -0.25) is 4.79 Å². The topological polar surface area (TPSA) is 55.4 Å². The van der Waals surface area contributed by atoms with Gasteiger partial charge in [-0.15, -0.1) is 0 Å². The lowest BCUT2D eigenvalue weighted by Gasteiger charge is -2.13. The second-order valence-electron chi connectivity index (χ2n) is 4.80. The van der Waals surface area contributed by atoms with Crippen LogP contribution in [0, 0.1) is 0 Å². The van der Waals surface area contributed by atoms with Crippen LogP contribution in [0.1, 0.15) is 22.8 Å². The Morgan fingerprint density at radius 3 is 2.36 bits per heavy atom. The van der Waals surface area contributed by atoms with Crippen LogP contribution >= 0.6 is 15.9 Å². The molecule has 5 heteroatoms. The molecule has 1 N–H and O–H groups in total. The molecule has 0 fully saturated rings. The Balaban J connectivity index is 1.85. The van der Waals surface area contributed by atoms with E-state index in [0.717, 1.165) is 10.0 Å². The smallest absolute Gasteiger partial charge is 0.328 e. The van der Waals surface area contributed by atoms with E-state index in [-0.39, 0.29) is 12.5 Å². The SMILES string of the molecule is C[C@H](NC(=O)c1ccc(Br)cc1)C(=O)OCc1ccccc1. The summed E-state index contributed by atoms with van der Waals surface area (Å²) in [5.74, 6) is -0.772. The minimum atomic E-state index is -0.708. The van der Waals surface area contributed by atoms with Crippen molar-refractivity contribution >= 4 is 27.8 Å². The van der Waals surface area contributed by atoms with Gasteiger partial charge in [0.05, 0.1) is 0 Å². The summed E-state index contributed by atoms with van der Waals surface area (Å²) in [4.78, 5) is 23.9. The number of amides is 1. The summed E-state index contributed by atoms with van der Waals surface area (Å²) in [6.45, 7) is 1.79. The maximum Gasteiger partial charge on any atom is 0.328 e. The van der Waals surface area contributed by atoms with Crippen molar-refractivity contribution in [2.45, 2.75) is 19.6 Å². The van der Waals surface area contributed by atoms with Gasteiger partial charge >= 0.3 is 5.97 Å². The maximum absolute atomic E-state index is 12.0. The van der Waals surface area contributed by atoms with Crippen molar-refractivity contribution in [1.82, 2.24) is 5.32 Å². The van der Waals surface area contributed by atoms with Crippen molar-refractivity contribution in [2.24, 2.45) is 0 Å². The van der Waals surface area contributed by atoms with Gasteiger partial charge in [-0.1, -0.05) is 46.3 Å².